The number of allylic oxidation sites excluding steroid dienone is 4. The van der Waals surface area contributed by atoms with Gasteiger partial charge in [0.15, 0.2) is 22.8 Å². The summed E-state index contributed by atoms with van der Waals surface area (Å²) < 4.78 is 23.2. The van der Waals surface area contributed by atoms with Gasteiger partial charge in [-0.25, -0.2) is 4.39 Å². The van der Waals surface area contributed by atoms with Crippen molar-refractivity contribution in [3.8, 4) is 0 Å². The lowest BCUT2D eigenvalue weighted by Crippen LogP contribution is -2.70. The first-order valence-corrected chi connectivity index (χ1v) is 12.7. The van der Waals surface area contributed by atoms with Gasteiger partial charge in [0, 0.05) is 29.1 Å². The molecule has 2 unspecified atom stereocenters. The average molecular weight is 511 g/mol. The molecule has 0 aromatic carbocycles. The summed E-state index contributed by atoms with van der Waals surface area (Å²) in [6.45, 7) is 7.24. The maximum absolute atomic E-state index is 17.2. The Morgan fingerprint density at radius 1 is 1.31 bits per heavy atom. The summed E-state index contributed by atoms with van der Waals surface area (Å²) in [4.78, 5) is 37.8. The molecule has 32 heavy (non-hydrogen) atoms. The topological polar surface area (TPSA) is 80.7 Å². The van der Waals surface area contributed by atoms with E-state index in [9.17, 15) is 19.5 Å². The zero-order valence-electron chi connectivity index (χ0n) is 19.1. The Kier molecular flexibility index (Phi) is 5.65. The minimum absolute atomic E-state index is 0.00932. The zero-order chi connectivity index (χ0) is 23.7. The van der Waals surface area contributed by atoms with Gasteiger partial charge in [-0.3, -0.25) is 14.4 Å². The van der Waals surface area contributed by atoms with E-state index in [2.05, 4.69) is 15.9 Å². The van der Waals surface area contributed by atoms with Crippen LogP contribution in [0.5, 0.6) is 0 Å². The minimum atomic E-state index is -1.97. The quantitative estimate of drug-likeness (QED) is 0.451. The number of halogens is 2. The van der Waals surface area contributed by atoms with Crippen LogP contribution in [0, 0.1) is 28.6 Å². The summed E-state index contributed by atoms with van der Waals surface area (Å²) in [5.41, 5.74) is -4.64. The summed E-state index contributed by atoms with van der Waals surface area (Å²) in [6.07, 6.45) is 4.87. The van der Waals surface area contributed by atoms with Crippen LogP contribution in [0.3, 0.4) is 0 Å². The summed E-state index contributed by atoms with van der Waals surface area (Å²) in [7, 11) is 0. The molecule has 0 radical (unpaired) electrons. The monoisotopic (exact) mass is 510 g/mol. The van der Waals surface area contributed by atoms with Gasteiger partial charge in [0.2, 0.25) is 0 Å². The summed E-state index contributed by atoms with van der Waals surface area (Å²) in [5.74, 6) is -1.93. The van der Waals surface area contributed by atoms with Crippen molar-refractivity contribution in [1.82, 2.24) is 0 Å². The molecule has 4 aliphatic carbocycles. The molecule has 0 bridgehead atoms. The van der Waals surface area contributed by atoms with Crippen LogP contribution in [0.1, 0.15) is 59.8 Å². The predicted molar refractivity (Wildman–Crippen MR) is 121 cm³/mol. The van der Waals surface area contributed by atoms with Gasteiger partial charge in [-0.05, 0) is 50.7 Å². The standard InChI is InChI=1S/C25H32BrFO5/c1-5-21(31)32-25(20(30)13-26)14(2)10-18-17-7-6-15-11-16(28)8-9-22(15,3)24(17,27)19(29)12-23(18,25)4/h8-9,11,14,17-19,29H,5-7,10,12-13H2,1-4H3/t14?,17-,18-,19?,22-,23-,24-,25-/m0/s1. The third kappa shape index (κ3) is 2.73. The molecule has 3 fully saturated rings. The number of hydrogen-bond donors (Lipinski definition) is 1. The van der Waals surface area contributed by atoms with Gasteiger partial charge in [-0.1, -0.05) is 48.4 Å². The van der Waals surface area contributed by atoms with Gasteiger partial charge in [0.1, 0.15) is 0 Å². The number of Topliss-reactive ketones (excluding diaryl/α,β-unsaturated/α-hetero) is 1. The SMILES string of the molecule is CCC(=O)O[C@]1(C(=O)CBr)C(C)C[C@H]2[C@@H]3CCC4=CC(=O)C=C[C@]4(C)[C@@]3(F)C(O)C[C@@]21C. The van der Waals surface area contributed by atoms with Crippen molar-refractivity contribution in [2.24, 2.45) is 28.6 Å². The third-order valence-corrected chi connectivity index (χ3v) is 9.79. The second kappa shape index (κ2) is 7.59. The fourth-order valence-electron chi connectivity index (χ4n) is 7.75. The van der Waals surface area contributed by atoms with Gasteiger partial charge in [0.25, 0.3) is 0 Å². The van der Waals surface area contributed by atoms with Crippen molar-refractivity contribution in [3.05, 3.63) is 23.8 Å². The third-order valence-electron chi connectivity index (χ3n) is 9.28. The molecular weight excluding hydrogens is 479 g/mol. The number of aliphatic hydroxyl groups excluding tert-OH is 1. The minimum Gasteiger partial charge on any atom is -0.450 e. The van der Waals surface area contributed by atoms with Crippen molar-refractivity contribution in [2.45, 2.75) is 77.2 Å². The molecule has 1 N–H and O–H groups in total. The van der Waals surface area contributed by atoms with E-state index in [0.29, 0.717) is 19.3 Å². The van der Waals surface area contributed by atoms with Crippen molar-refractivity contribution >= 4 is 33.5 Å². The molecule has 5 nitrogen and oxygen atoms in total. The highest BCUT2D eigenvalue weighted by Crippen LogP contribution is 2.71. The highest BCUT2D eigenvalue weighted by atomic mass is 79.9. The van der Waals surface area contributed by atoms with Crippen LogP contribution in [0.4, 0.5) is 4.39 Å². The van der Waals surface area contributed by atoms with Gasteiger partial charge in [0.05, 0.1) is 11.4 Å². The van der Waals surface area contributed by atoms with Gasteiger partial charge < -0.3 is 9.84 Å². The van der Waals surface area contributed by atoms with Crippen molar-refractivity contribution in [2.75, 3.05) is 5.33 Å². The normalized spacial score (nSPS) is 47.2. The molecule has 0 heterocycles. The summed E-state index contributed by atoms with van der Waals surface area (Å²) in [6, 6.07) is 0. The number of hydrogen-bond acceptors (Lipinski definition) is 5. The van der Waals surface area contributed by atoms with E-state index in [0.717, 1.165) is 5.57 Å². The second-order valence-electron chi connectivity index (χ2n) is 10.5. The van der Waals surface area contributed by atoms with Crippen LogP contribution in [0.2, 0.25) is 0 Å². The van der Waals surface area contributed by atoms with Crippen LogP contribution in [0.25, 0.3) is 0 Å². The number of carbonyl (C=O) groups excluding carboxylic acids is 3. The summed E-state index contributed by atoms with van der Waals surface area (Å²) in [5, 5.41) is 11.4. The number of ether oxygens (including phenoxy) is 1. The fourth-order valence-corrected chi connectivity index (χ4v) is 8.17. The number of esters is 1. The van der Waals surface area contributed by atoms with Crippen molar-refractivity contribution in [3.63, 3.8) is 0 Å². The molecule has 8 atom stereocenters. The number of carbonyl (C=O) groups is 3. The van der Waals surface area contributed by atoms with E-state index < -0.39 is 40.1 Å². The Balaban J connectivity index is 1.85. The highest BCUT2D eigenvalue weighted by Gasteiger charge is 2.77. The van der Waals surface area contributed by atoms with E-state index in [1.807, 2.05) is 13.8 Å². The number of aliphatic hydroxyl groups is 1. The maximum Gasteiger partial charge on any atom is 0.306 e. The van der Waals surface area contributed by atoms with Gasteiger partial charge in [-0.15, -0.1) is 0 Å². The van der Waals surface area contributed by atoms with E-state index in [-0.39, 0.29) is 41.6 Å². The van der Waals surface area contributed by atoms with E-state index in [4.69, 9.17) is 4.74 Å². The number of fused-ring (bicyclic) bond motifs is 5. The number of alkyl halides is 2. The van der Waals surface area contributed by atoms with E-state index >= 15 is 4.39 Å². The average Bonchev–Trinajstić information content (AvgIpc) is 2.96. The molecule has 0 aromatic rings. The number of rotatable bonds is 4. The van der Waals surface area contributed by atoms with Crippen LogP contribution in [0.15, 0.2) is 23.8 Å². The van der Waals surface area contributed by atoms with Crippen LogP contribution >= 0.6 is 15.9 Å². The molecule has 0 saturated heterocycles. The van der Waals surface area contributed by atoms with E-state index in [1.165, 1.54) is 12.2 Å². The maximum atomic E-state index is 17.2. The molecule has 0 spiro atoms. The number of ketones is 2. The Labute approximate surface area is 197 Å². The van der Waals surface area contributed by atoms with Crippen molar-refractivity contribution in [1.29, 1.82) is 0 Å². The Hall–Kier alpha value is -1.34. The molecule has 4 rings (SSSR count). The Bertz CT molecular complexity index is 929. The Morgan fingerprint density at radius 2 is 2.00 bits per heavy atom. The zero-order valence-corrected chi connectivity index (χ0v) is 20.7. The highest BCUT2D eigenvalue weighted by molar-refractivity contribution is 9.09. The molecule has 4 aliphatic rings. The fraction of sp³-hybridized carbons (Fsp3) is 0.720. The van der Waals surface area contributed by atoms with Crippen molar-refractivity contribution < 1.29 is 28.6 Å². The van der Waals surface area contributed by atoms with Gasteiger partial charge >= 0.3 is 5.97 Å². The molecular formula is C25H32BrFO5. The Morgan fingerprint density at radius 3 is 2.62 bits per heavy atom. The van der Waals surface area contributed by atoms with E-state index in [1.54, 1.807) is 19.9 Å². The lowest BCUT2D eigenvalue weighted by atomic mass is 9.44. The first-order valence-electron chi connectivity index (χ1n) is 11.5. The first kappa shape index (κ1) is 23.8. The summed E-state index contributed by atoms with van der Waals surface area (Å²) >= 11 is 3.27. The second-order valence-corrected chi connectivity index (χ2v) is 11.1. The largest absolute Gasteiger partial charge is 0.450 e. The van der Waals surface area contributed by atoms with Crippen LogP contribution < -0.4 is 0 Å². The van der Waals surface area contributed by atoms with Gasteiger partial charge in [-0.2, -0.15) is 0 Å². The predicted octanol–water partition coefficient (Wildman–Crippen LogP) is 4.26. The molecule has 0 amide bonds. The lowest BCUT2D eigenvalue weighted by Gasteiger charge is -2.62. The molecule has 0 aromatic heterocycles. The molecule has 7 heteroatoms. The molecule has 3 saturated carbocycles. The van der Waals surface area contributed by atoms with Crippen LogP contribution in [-0.2, 0) is 19.1 Å². The molecule has 0 aliphatic heterocycles. The molecule has 176 valence electrons. The lowest BCUT2D eigenvalue weighted by molar-refractivity contribution is -0.226. The first-order chi connectivity index (χ1) is 14.9. The van der Waals surface area contributed by atoms with Crippen LogP contribution in [-0.4, -0.2) is 45.3 Å². The smallest absolute Gasteiger partial charge is 0.306 e.